The Balaban J connectivity index is 2.26. The minimum Gasteiger partial charge on any atom is -0.258 e. The molecule has 0 radical (unpaired) electrons. The third-order valence-corrected chi connectivity index (χ3v) is 2.95. The van der Waals surface area contributed by atoms with Gasteiger partial charge in [0.1, 0.15) is 0 Å². The lowest BCUT2D eigenvalue weighted by Gasteiger charge is -1.98. The van der Waals surface area contributed by atoms with Crippen molar-refractivity contribution in [3.8, 4) is 0 Å². The summed E-state index contributed by atoms with van der Waals surface area (Å²) < 4.78 is 0. The van der Waals surface area contributed by atoms with E-state index in [0.717, 1.165) is 0 Å². The number of nitro groups is 2. The van der Waals surface area contributed by atoms with Crippen LogP contribution in [0.1, 0.15) is 5.56 Å². The van der Waals surface area contributed by atoms with E-state index in [1.807, 2.05) is 0 Å². The highest BCUT2D eigenvalue weighted by molar-refractivity contribution is 6.33. The lowest BCUT2D eigenvalue weighted by molar-refractivity contribution is -0.385. The van der Waals surface area contributed by atoms with E-state index in [2.05, 4.69) is 4.99 Å². The highest BCUT2D eigenvalue weighted by Crippen LogP contribution is 2.22. The van der Waals surface area contributed by atoms with Crippen molar-refractivity contribution >= 4 is 34.9 Å². The first-order chi connectivity index (χ1) is 9.97. The fourth-order valence-electron chi connectivity index (χ4n) is 1.55. The second-order valence-corrected chi connectivity index (χ2v) is 4.40. The first kappa shape index (κ1) is 14.6. The van der Waals surface area contributed by atoms with E-state index in [4.69, 9.17) is 11.6 Å². The van der Waals surface area contributed by atoms with Crippen LogP contribution >= 0.6 is 11.6 Å². The van der Waals surface area contributed by atoms with E-state index in [1.54, 1.807) is 0 Å². The van der Waals surface area contributed by atoms with Crippen molar-refractivity contribution in [3.63, 3.8) is 0 Å². The van der Waals surface area contributed by atoms with Crippen molar-refractivity contribution in [1.29, 1.82) is 0 Å². The van der Waals surface area contributed by atoms with Crippen LogP contribution in [0.4, 0.5) is 17.1 Å². The number of hydrogen-bond acceptors (Lipinski definition) is 5. The summed E-state index contributed by atoms with van der Waals surface area (Å²) in [6.45, 7) is 0. The van der Waals surface area contributed by atoms with E-state index in [-0.39, 0.29) is 11.4 Å². The largest absolute Gasteiger partial charge is 0.270 e. The van der Waals surface area contributed by atoms with Gasteiger partial charge >= 0.3 is 0 Å². The summed E-state index contributed by atoms with van der Waals surface area (Å²) in [5, 5.41) is 21.5. The van der Waals surface area contributed by atoms with Gasteiger partial charge in [0, 0.05) is 41.1 Å². The summed E-state index contributed by atoms with van der Waals surface area (Å²) in [5.74, 6) is 0. The standard InChI is InChI=1S/C13H8ClN3O4/c14-13-6-5-12(17(20)21)7-9(13)8-15-10-1-3-11(4-2-10)16(18)19/h1-8H. The number of benzene rings is 2. The van der Waals surface area contributed by atoms with Gasteiger partial charge in [-0.15, -0.1) is 0 Å². The molecule has 0 atom stereocenters. The van der Waals surface area contributed by atoms with Crippen molar-refractivity contribution in [3.05, 3.63) is 73.3 Å². The Morgan fingerprint density at radius 2 is 1.52 bits per heavy atom. The van der Waals surface area contributed by atoms with Crippen LogP contribution in [-0.2, 0) is 0 Å². The maximum absolute atomic E-state index is 10.7. The Morgan fingerprint density at radius 1 is 0.952 bits per heavy atom. The molecule has 0 unspecified atom stereocenters. The van der Waals surface area contributed by atoms with Gasteiger partial charge in [0.05, 0.1) is 15.5 Å². The zero-order chi connectivity index (χ0) is 15.4. The Labute approximate surface area is 123 Å². The van der Waals surface area contributed by atoms with Crippen LogP contribution in [0.3, 0.4) is 0 Å². The quantitative estimate of drug-likeness (QED) is 0.485. The molecular weight excluding hydrogens is 298 g/mol. The van der Waals surface area contributed by atoms with E-state index in [1.165, 1.54) is 48.7 Å². The van der Waals surface area contributed by atoms with E-state index >= 15 is 0 Å². The summed E-state index contributed by atoms with van der Waals surface area (Å²) in [5.41, 5.74) is 0.735. The van der Waals surface area contributed by atoms with Gasteiger partial charge in [-0.1, -0.05) is 11.6 Å². The van der Waals surface area contributed by atoms with Crippen molar-refractivity contribution in [2.75, 3.05) is 0 Å². The molecule has 0 saturated carbocycles. The molecule has 0 aliphatic rings. The van der Waals surface area contributed by atoms with E-state index in [9.17, 15) is 20.2 Å². The second-order valence-electron chi connectivity index (χ2n) is 3.99. The van der Waals surface area contributed by atoms with Crippen LogP contribution in [0.5, 0.6) is 0 Å². The Hall–Kier alpha value is -2.80. The maximum atomic E-state index is 10.7. The van der Waals surface area contributed by atoms with Gasteiger partial charge in [-0.3, -0.25) is 25.2 Å². The van der Waals surface area contributed by atoms with Crippen LogP contribution in [0.25, 0.3) is 0 Å². The van der Waals surface area contributed by atoms with Crippen LogP contribution in [0.2, 0.25) is 5.02 Å². The topological polar surface area (TPSA) is 98.6 Å². The number of hydrogen-bond donors (Lipinski definition) is 0. The first-order valence-electron chi connectivity index (χ1n) is 5.70. The Kier molecular flexibility index (Phi) is 4.24. The fourth-order valence-corrected chi connectivity index (χ4v) is 1.71. The molecule has 0 N–H and O–H groups in total. The van der Waals surface area contributed by atoms with Gasteiger partial charge in [0.25, 0.3) is 11.4 Å². The highest BCUT2D eigenvalue weighted by Gasteiger charge is 2.08. The maximum Gasteiger partial charge on any atom is 0.270 e. The molecule has 0 amide bonds. The van der Waals surface area contributed by atoms with Crippen LogP contribution in [0.15, 0.2) is 47.5 Å². The van der Waals surface area contributed by atoms with E-state index < -0.39 is 9.85 Å². The first-order valence-corrected chi connectivity index (χ1v) is 6.07. The molecule has 2 aromatic rings. The van der Waals surface area contributed by atoms with Crippen molar-refractivity contribution in [1.82, 2.24) is 0 Å². The molecule has 0 saturated heterocycles. The number of halogens is 1. The highest BCUT2D eigenvalue weighted by atomic mass is 35.5. The molecular formula is C13H8ClN3O4. The van der Waals surface area contributed by atoms with Gasteiger partial charge in [-0.05, 0) is 18.2 Å². The van der Waals surface area contributed by atoms with Gasteiger partial charge < -0.3 is 0 Å². The molecule has 7 nitrogen and oxygen atoms in total. The van der Waals surface area contributed by atoms with Crippen LogP contribution < -0.4 is 0 Å². The third-order valence-electron chi connectivity index (χ3n) is 2.60. The molecule has 0 heterocycles. The molecule has 0 aromatic heterocycles. The fraction of sp³-hybridized carbons (Fsp3) is 0. The molecule has 0 spiro atoms. The van der Waals surface area contributed by atoms with Crippen molar-refractivity contribution < 1.29 is 9.85 Å². The predicted molar refractivity (Wildman–Crippen MR) is 78.5 cm³/mol. The molecule has 2 aromatic carbocycles. The number of nitro benzene ring substituents is 2. The zero-order valence-corrected chi connectivity index (χ0v) is 11.2. The van der Waals surface area contributed by atoms with Gasteiger partial charge in [-0.25, -0.2) is 0 Å². The lowest BCUT2D eigenvalue weighted by atomic mass is 10.2. The zero-order valence-electron chi connectivity index (χ0n) is 10.5. The minimum absolute atomic E-state index is 0.0395. The predicted octanol–water partition coefficient (Wildman–Crippen LogP) is 3.91. The van der Waals surface area contributed by atoms with Crippen molar-refractivity contribution in [2.24, 2.45) is 4.99 Å². The molecule has 0 aliphatic carbocycles. The molecule has 0 bridgehead atoms. The molecule has 8 heteroatoms. The summed E-state index contributed by atoms with van der Waals surface area (Å²) in [7, 11) is 0. The summed E-state index contributed by atoms with van der Waals surface area (Å²) >= 11 is 5.93. The summed E-state index contributed by atoms with van der Waals surface area (Å²) in [6.07, 6.45) is 1.37. The number of non-ortho nitro benzene ring substituents is 2. The molecule has 21 heavy (non-hydrogen) atoms. The summed E-state index contributed by atoms with van der Waals surface area (Å²) in [4.78, 5) is 24.3. The SMILES string of the molecule is O=[N+]([O-])c1ccc(N=Cc2cc([N+](=O)[O-])ccc2Cl)cc1. The van der Waals surface area contributed by atoms with Crippen molar-refractivity contribution in [2.45, 2.75) is 0 Å². The monoisotopic (exact) mass is 305 g/mol. The molecule has 2 rings (SSSR count). The average Bonchev–Trinajstić information content (AvgIpc) is 2.46. The normalized spacial score (nSPS) is 10.7. The molecule has 0 fully saturated rings. The average molecular weight is 306 g/mol. The van der Waals surface area contributed by atoms with Gasteiger partial charge in [0.2, 0.25) is 0 Å². The number of rotatable bonds is 4. The smallest absolute Gasteiger partial charge is 0.258 e. The Bertz CT molecular complexity index is 729. The minimum atomic E-state index is -0.528. The van der Waals surface area contributed by atoms with Crippen LogP contribution in [0, 0.1) is 20.2 Å². The van der Waals surface area contributed by atoms with E-state index in [0.29, 0.717) is 16.3 Å². The second kappa shape index (κ2) is 6.10. The van der Waals surface area contributed by atoms with Gasteiger partial charge in [-0.2, -0.15) is 0 Å². The Morgan fingerprint density at radius 3 is 2.10 bits per heavy atom. The summed E-state index contributed by atoms with van der Waals surface area (Å²) in [6, 6.07) is 9.60. The molecule has 106 valence electrons. The number of aliphatic imine (C=N–C) groups is 1. The van der Waals surface area contributed by atoms with Gasteiger partial charge in [0.15, 0.2) is 0 Å². The third kappa shape index (κ3) is 3.61. The lowest BCUT2D eigenvalue weighted by Crippen LogP contribution is -1.91. The number of nitrogens with zero attached hydrogens (tertiary/aromatic N) is 3. The van der Waals surface area contributed by atoms with Crippen LogP contribution in [-0.4, -0.2) is 16.1 Å². The molecule has 0 aliphatic heterocycles.